The van der Waals surface area contributed by atoms with E-state index in [0.717, 1.165) is 35.3 Å². The molecule has 0 spiro atoms. The molecule has 1 fully saturated rings. The number of benzene rings is 2. The van der Waals surface area contributed by atoms with E-state index in [-0.39, 0.29) is 6.54 Å². The van der Waals surface area contributed by atoms with E-state index in [9.17, 15) is 9.90 Å². The first-order valence-corrected chi connectivity index (χ1v) is 11.7. The maximum Gasteiger partial charge on any atom is 0.367 e. The Morgan fingerprint density at radius 1 is 0.941 bits per heavy atom. The predicted octanol–water partition coefficient (Wildman–Crippen LogP) is 3.22. The van der Waals surface area contributed by atoms with Gasteiger partial charge < -0.3 is 9.84 Å². The zero-order valence-corrected chi connectivity index (χ0v) is 19.8. The molecule has 1 unspecified atom stereocenters. The van der Waals surface area contributed by atoms with Crippen molar-refractivity contribution < 1.29 is 9.84 Å². The fraction of sp³-hybridized carbons (Fsp3) is 0.292. The Morgan fingerprint density at radius 2 is 1.56 bits per heavy atom. The second kappa shape index (κ2) is 9.85. The molecule has 1 saturated heterocycles. The Bertz CT molecular complexity index is 1350. The van der Waals surface area contributed by atoms with Gasteiger partial charge in [0.2, 0.25) is 0 Å². The zero-order valence-electron chi connectivity index (χ0n) is 18.3. The van der Waals surface area contributed by atoms with Crippen LogP contribution in [0.15, 0.2) is 59.5 Å². The van der Waals surface area contributed by atoms with Crippen molar-refractivity contribution in [2.45, 2.75) is 12.6 Å². The average molecular weight is 500 g/mol. The molecule has 0 amide bonds. The number of fused-ring (bicyclic) bond motifs is 1. The zero-order chi connectivity index (χ0) is 23.7. The second-order valence-corrected chi connectivity index (χ2v) is 9.09. The summed E-state index contributed by atoms with van der Waals surface area (Å²) in [5.74, 6) is 0. The molecule has 0 saturated carbocycles. The second-order valence-electron chi connectivity index (χ2n) is 8.21. The van der Waals surface area contributed by atoms with Crippen molar-refractivity contribution in [1.29, 1.82) is 0 Å². The molecule has 5 rings (SSSR count). The van der Waals surface area contributed by atoms with E-state index in [2.05, 4.69) is 15.1 Å². The Balaban J connectivity index is 1.57. The van der Waals surface area contributed by atoms with E-state index in [1.54, 1.807) is 30.5 Å². The minimum absolute atomic E-state index is 0.0654. The minimum atomic E-state index is -0.754. The summed E-state index contributed by atoms with van der Waals surface area (Å²) in [5, 5.41) is 20.8. The predicted molar refractivity (Wildman–Crippen MR) is 131 cm³/mol. The van der Waals surface area contributed by atoms with Crippen LogP contribution in [0, 0.1) is 0 Å². The summed E-state index contributed by atoms with van der Waals surface area (Å²) in [4.78, 5) is 15.2. The third-order valence-corrected chi connectivity index (χ3v) is 6.36. The summed E-state index contributed by atoms with van der Waals surface area (Å²) < 4.78 is 7.90. The van der Waals surface area contributed by atoms with Gasteiger partial charge in [0.1, 0.15) is 0 Å². The molecule has 0 radical (unpaired) electrons. The number of nitrogens with zero attached hydrogens (tertiary/aromatic N) is 5. The van der Waals surface area contributed by atoms with Crippen LogP contribution in [0.1, 0.15) is 0 Å². The third kappa shape index (κ3) is 4.73. The summed E-state index contributed by atoms with van der Waals surface area (Å²) in [6, 6.07) is 14.8. The first-order chi connectivity index (χ1) is 16.5. The number of aromatic nitrogens is 4. The summed E-state index contributed by atoms with van der Waals surface area (Å²) in [6.07, 6.45) is 0.896. The Labute approximate surface area is 205 Å². The molecule has 3 heterocycles. The van der Waals surface area contributed by atoms with Gasteiger partial charge in [-0.3, -0.25) is 4.90 Å². The maximum absolute atomic E-state index is 13.1. The molecule has 8 nitrogen and oxygen atoms in total. The molecule has 1 aliphatic rings. The lowest BCUT2D eigenvalue weighted by atomic mass is 9.97. The molecule has 10 heteroatoms. The van der Waals surface area contributed by atoms with Gasteiger partial charge in [0.25, 0.3) is 0 Å². The Morgan fingerprint density at radius 3 is 2.21 bits per heavy atom. The molecule has 176 valence electrons. The van der Waals surface area contributed by atoms with Crippen LogP contribution >= 0.6 is 23.2 Å². The molecular weight excluding hydrogens is 477 g/mol. The third-order valence-electron chi connectivity index (χ3n) is 5.86. The quantitative estimate of drug-likeness (QED) is 0.438. The first kappa shape index (κ1) is 23.0. The monoisotopic (exact) mass is 499 g/mol. The van der Waals surface area contributed by atoms with Crippen LogP contribution in [0.4, 0.5) is 0 Å². The normalized spacial score (nSPS) is 15.6. The number of aliphatic hydroxyl groups excluding tert-OH is 1. The van der Waals surface area contributed by atoms with E-state index in [4.69, 9.17) is 27.9 Å². The van der Waals surface area contributed by atoms with Gasteiger partial charge in [0.05, 0.1) is 32.1 Å². The van der Waals surface area contributed by atoms with Crippen molar-refractivity contribution in [2.24, 2.45) is 0 Å². The van der Waals surface area contributed by atoms with Crippen LogP contribution in [0.5, 0.6) is 0 Å². The van der Waals surface area contributed by atoms with Crippen molar-refractivity contribution in [3.05, 3.63) is 75.3 Å². The highest BCUT2D eigenvalue weighted by Gasteiger charge is 2.21. The Kier molecular flexibility index (Phi) is 6.67. The molecular formula is C24H23Cl2N5O3. The van der Waals surface area contributed by atoms with Gasteiger partial charge in [0.15, 0.2) is 5.65 Å². The van der Waals surface area contributed by atoms with Gasteiger partial charge in [0, 0.05) is 40.8 Å². The lowest BCUT2D eigenvalue weighted by Gasteiger charge is -2.28. The van der Waals surface area contributed by atoms with E-state index < -0.39 is 11.8 Å². The summed E-state index contributed by atoms with van der Waals surface area (Å²) in [7, 11) is 0. The van der Waals surface area contributed by atoms with Crippen LogP contribution < -0.4 is 5.69 Å². The van der Waals surface area contributed by atoms with E-state index in [1.165, 1.54) is 9.20 Å². The van der Waals surface area contributed by atoms with Crippen molar-refractivity contribution in [1.82, 2.24) is 24.3 Å². The van der Waals surface area contributed by atoms with Gasteiger partial charge in [-0.25, -0.2) is 9.48 Å². The van der Waals surface area contributed by atoms with Gasteiger partial charge in [-0.1, -0.05) is 47.5 Å². The highest BCUT2D eigenvalue weighted by atomic mass is 35.5. The van der Waals surface area contributed by atoms with Crippen LogP contribution in [-0.2, 0) is 11.3 Å². The number of hydrogen-bond acceptors (Lipinski definition) is 6. The highest BCUT2D eigenvalue weighted by molar-refractivity contribution is 6.31. The molecule has 1 atom stereocenters. The van der Waals surface area contributed by atoms with Crippen LogP contribution in [0.3, 0.4) is 0 Å². The average Bonchev–Trinajstić information content (AvgIpc) is 3.15. The van der Waals surface area contributed by atoms with E-state index >= 15 is 0 Å². The number of β-amino-alcohol motifs (C(OH)–C–C–N with tert-alkyl or cyclic N) is 1. The molecule has 2 aromatic carbocycles. The summed E-state index contributed by atoms with van der Waals surface area (Å²) in [5.41, 5.74) is 3.27. The highest BCUT2D eigenvalue weighted by Crippen LogP contribution is 2.34. The molecule has 34 heavy (non-hydrogen) atoms. The fourth-order valence-corrected chi connectivity index (χ4v) is 4.42. The smallest absolute Gasteiger partial charge is 0.367 e. The topological polar surface area (TPSA) is 84.9 Å². The number of rotatable bonds is 6. The summed E-state index contributed by atoms with van der Waals surface area (Å²) in [6.45, 7) is 3.30. The standard InChI is InChI=1S/C24H23Cl2N5O3/c25-18-5-1-16(2-6-18)21-13-27-31-23(22(21)17-3-7-19(26)8-4-17)28-30(24(31)33)15-20(32)14-29-9-11-34-12-10-29/h1-8,13,20,32H,9-12,14-15H2. The number of aliphatic hydroxyl groups is 1. The summed E-state index contributed by atoms with van der Waals surface area (Å²) >= 11 is 12.2. The number of hydrogen-bond donors (Lipinski definition) is 1. The molecule has 2 aromatic heterocycles. The van der Waals surface area contributed by atoms with Gasteiger partial charge in [-0.15, -0.1) is 5.10 Å². The van der Waals surface area contributed by atoms with Gasteiger partial charge >= 0.3 is 5.69 Å². The van der Waals surface area contributed by atoms with Crippen LogP contribution in [-0.4, -0.2) is 68.4 Å². The van der Waals surface area contributed by atoms with Crippen molar-refractivity contribution in [2.75, 3.05) is 32.8 Å². The minimum Gasteiger partial charge on any atom is -0.390 e. The first-order valence-electron chi connectivity index (χ1n) is 11.0. The van der Waals surface area contributed by atoms with Crippen molar-refractivity contribution in [3.8, 4) is 22.3 Å². The largest absolute Gasteiger partial charge is 0.390 e. The maximum atomic E-state index is 13.1. The van der Waals surface area contributed by atoms with Crippen molar-refractivity contribution in [3.63, 3.8) is 0 Å². The lowest BCUT2D eigenvalue weighted by molar-refractivity contribution is 0.0106. The molecule has 0 bridgehead atoms. The lowest BCUT2D eigenvalue weighted by Crippen LogP contribution is -2.42. The van der Waals surface area contributed by atoms with Crippen LogP contribution in [0.2, 0.25) is 10.0 Å². The van der Waals surface area contributed by atoms with Crippen molar-refractivity contribution >= 4 is 28.8 Å². The molecule has 0 aliphatic carbocycles. The molecule has 1 N–H and O–H groups in total. The SMILES string of the molecule is O=c1n(CC(O)CN2CCOCC2)nc2c(-c3ccc(Cl)cc3)c(-c3ccc(Cl)cc3)cnn12. The number of ether oxygens (including phenoxy) is 1. The Hall–Kier alpha value is -2.75. The molecule has 1 aliphatic heterocycles. The van der Waals surface area contributed by atoms with Gasteiger partial charge in [-0.2, -0.15) is 9.61 Å². The number of morpholine rings is 1. The van der Waals surface area contributed by atoms with E-state index in [0.29, 0.717) is 35.5 Å². The van der Waals surface area contributed by atoms with Gasteiger partial charge in [-0.05, 0) is 35.4 Å². The van der Waals surface area contributed by atoms with Crippen LogP contribution in [0.25, 0.3) is 27.9 Å². The number of halogens is 2. The van der Waals surface area contributed by atoms with E-state index in [1.807, 2.05) is 24.3 Å². The molecule has 4 aromatic rings. The fourth-order valence-electron chi connectivity index (χ4n) is 4.17.